The second-order valence-electron chi connectivity index (χ2n) is 17.4. The van der Waals surface area contributed by atoms with Crippen LogP contribution in [0.4, 0.5) is 11.4 Å². The third-order valence-electron chi connectivity index (χ3n) is 9.86. The Morgan fingerprint density at radius 1 is 0.459 bits per heavy atom. The number of hydrogen-bond donors (Lipinski definition) is 0. The topological polar surface area (TPSA) is 269 Å². The normalized spacial score (nSPS) is 11.5. The average Bonchev–Trinajstić information content (AvgIpc) is 3.35. The highest BCUT2D eigenvalue weighted by molar-refractivity contribution is 5.91. The molecule has 74 heavy (non-hydrogen) atoms. The molecule has 2 aromatic carbocycles. The van der Waals surface area contributed by atoms with Gasteiger partial charge in [-0.2, -0.15) is 0 Å². The Morgan fingerprint density at radius 2 is 0.784 bits per heavy atom. The number of ether oxygens (including phenoxy) is 10. The average molecular weight is 1040 g/mol. The molecule has 0 fully saturated rings. The van der Waals surface area contributed by atoms with E-state index in [1.165, 1.54) is 27.7 Å². The highest BCUT2D eigenvalue weighted by atomic mass is 16.6. The molecule has 0 radical (unpaired) electrons. The van der Waals surface area contributed by atoms with Crippen LogP contribution < -0.4 is 9.80 Å². The molecular weight excluding hydrogens is 973 g/mol. The Morgan fingerprint density at radius 3 is 1.14 bits per heavy atom. The molecule has 2 aromatic rings. The molecule has 0 aliphatic heterocycles. The highest BCUT2D eigenvalue weighted by Gasteiger charge is 2.34. The molecule has 2 unspecified atom stereocenters. The highest BCUT2D eigenvalue weighted by Crippen LogP contribution is 2.27. The molecule has 404 valence electrons. The summed E-state index contributed by atoms with van der Waals surface area (Å²) in [6.45, 7) is 12.8. The van der Waals surface area contributed by atoms with Crippen molar-refractivity contribution in [3.05, 3.63) is 96.1 Å². The first-order valence-electron chi connectivity index (χ1n) is 23.1. The molecule has 0 heterocycles. The Kier molecular flexibility index (Phi) is 26.4. The lowest BCUT2D eigenvalue weighted by atomic mass is 9.86. The standard InChI is InChI=1S/C52H66N2O20/c1-33(2)46(59)69-29-40(73-44(57)22-20-42(55)65-24-26-67-49(62)36-12-16-38(17-13-36)53(8)9)31-71-48(61)35(5)28-52(6,7)51(64)72-32-41(30-70-47(60)34(3)4)74-45(58)23-21-43(56)66-25-27-68-50(63)37-14-18-39(19-15-37)54(10)11/h12-19,40-41H,1,3,5,20-32H2,2,4,6-11H3. The third kappa shape index (κ3) is 23.9. The second-order valence-corrected chi connectivity index (χ2v) is 17.4. The summed E-state index contributed by atoms with van der Waals surface area (Å²) in [6, 6.07) is 13.3. The van der Waals surface area contributed by atoms with E-state index in [1.807, 2.05) is 38.0 Å². The number of hydrogen-bond acceptors (Lipinski definition) is 22. The van der Waals surface area contributed by atoms with Crippen LogP contribution in [0.3, 0.4) is 0 Å². The van der Waals surface area contributed by atoms with Crippen LogP contribution in [-0.4, -0.2) is 153 Å². The van der Waals surface area contributed by atoms with E-state index in [0.717, 1.165) is 11.4 Å². The van der Waals surface area contributed by atoms with E-state index in [-0.39, 0.29) is 49.6 Å². The summed E-state index contributed by atoms with van der Waals surface area (Å²) in [6.07, 6.45) is -4.89. The molecule has 0 spiro atoms. The summed E-state index contributed by atoms with van der Waals surface area (Å²) < 4.78 is 51.8. The summed E-state index contributed by atoms with van der Waals surface area (Å²) in [5.74, 6) is -8.33. The SMILES string of the molecule is C=C(C)C(=O)OCC(COC(=O)C(=C)CC(C)(C)C(=O)OCC(COC(=O)C(=C)C)OC(=O)CCC(=O)OCCOC(=O)c1ccc(N(C)C)cc1)OC(=O)CCC(=O)OCCOC(=O)c1ccc(N(C)C)cc1. The number of benzene rings is 2. The van der Waals surface area contributed by atoms with Gasteiger partial charge in [0.25, 0.3) is 0 Å². The molecule has 0 aliphatic rings. The predicted octanol–water partition coefficient (Wildman–Crippen LogP) is 4.60. The molecule has 22 nitrogen and oxygen atoms in total. The van der Waals surface area contributed by atoms with Gasteiger partial charge in [0.15, 0.2) is 12.2 Å². The molecule has 0 N–H and O–H groups in total. The number of carbonyl (C=O) groups is 10. The fourth-order valence-corrected chi connectivity index (χ4v) is 5.71. The smallest absolute Gasteiger partial charge is 0.338 e. The fourth-order valence-electron chi connectivity index (χ4n) is 5.71. The van der Waals surface area contributed by atoms with Gasteiger partial charge in [-0.05, 0) is 82.6 Å². The molecule has 0 saturated heterocycles. The summed E-state index contributed by atoms with van der Waals surface area (Å²) in [5, 5.41) is 0. The minimum Gasteiger partial charge on any atom is -0.462 e. The second kappa shape index (κ2) is 31.4. The van der Waals surface area contributed by atoms with Crippen LogP contribution in [0.15, 0.2) is 85.0 Å². The molecule has 0 aliphatic carbocycles. The van der Waals surface area contributed by atoms with Crippen molar-refractivity contribution < 1.29 is 95.3 Å². The summed E-state index contributed by atoms with van der Waals surface area (Å²) in [4.78, 5) is 129. The quantitative estimate of drug-likeness (QED) is 0.0419. The van der Waals surface area contributed by atoms with Crippen molar-refractivity contribution in [1.82, 2.24) is 0 Å². The molecular formula is C52H66N2O20. The molecule has 22 heteroatoms. The fraction of sp³-hybridized carbons (Fsp3) is 0.462. The van der Waals surface area contributed by atoms with Gasteiger partial charge in [0, 0.05) is 56.3 Å². The molecule has 2 atom stereocenters. The maximum Gasteiger partial charge on any atom is 0.338 e. The summed E-state index contributed by atoms with van der Waals surface area (Å²) in [7, 11) is 7.41. The van der Waals surface area contributed by atoms with E-state index >= 15 is 0 Å². The van der Waals surface area contributed by atoms with Crippen molar-refractivity contribution in [3.63, 3.8) is 0 Å². The van der Waals surface area contributed by atoms with Crippen LogP contribution in [0.5, 0.6) is 0 Å². The zero-order valence-electron chi connectivity index (χ0n) is 43.1. The van der Waals surface area contributed by atoms with Crippen molar-refractivity contribution in [2.45, 2.75) is 72.0 Å². The first-order valence-corrected chi connectivity index (χ1v) is 23.1. The number of carbonyl (C=O) groups excluding carboxylic acids is 10. The molecule has 0 amide bonds. The first-order chi connectivity index (χ1) is 34.8. The van der Waals surface area contributed by atoms with Gasteiger partial charge in [-0.25, -0.2) is 24.0 Å². The molecule has 0 aromatic heterocycles. The van der Waals surface area contributed by atoms with Crippen molar-refractivity contribution in [2.75, 3.05) is 90.8 Å². The lowest BCUT2D eigenvalue weighted by Gasteiger charge is -2.25. The Bertz CT molecular complexity index is 2330. The van der Waals surface area contributed by atoms with Gasteiger partial charge >= 0.3 is 59.7 Å². The van der Waals surface area contributed by atoms with E-state index in [9.17, 15) is 47.9 Å². The van der Waals surface area contributed by atoms with Crippen LogP contribution >= 0.6 is 0 Å². The van der Waals surface area contributed by atoms with Gasteiger partial charge in [0.1, 0.15) is 52.9 Å². The molecule has 0 bridgehead atoms. The van der Waals surface area contributed by atoms with E-state index in [0.29, 0.717) is 11.1 Å². The van der Waals surface area contributed by atoms with Crippen LogP contribution in [-0.2, 0) is 85.7 Å². The van der Waals surface area contributed by atoms with Gasteiger partial charge in [0.05, 0.1) is 42.2 Å². The zero-order chi connectivity index (χ0) is 55.5. The maximum atomic E-state index is 13.3. The largest absolute Gasteiger partial charge is 0.462 e. The van der Waals surface area contributed by atoms with Crippen LogP contribution in [0.1, 0.15) is 80.5 Å². The summed E-state index contributed by atoms with van der Waals surface area (Å²) >= 11 is 0. The maximum absolute atomic E-state index is 13.3. The van der Waals surface area contributed by atoms with Crippen molar-refractivity contribution in [2.24, 2.45) is 5.41 Å². The van der Waals surface area contributed by atoms with E-state index in [4.69, 9.17) is 47.4 Å². The van der Waals surface area contributed by atoms with Crippen LogP contribution in [0.2, 0.25) is 0 Å². The van der Waals surface area contributed by atoms with Gasteiger partial charge in [-0.15, -0.1) is 0 Å². The number of anilines is 2. The van der Waals surface area contributed by atoms with Gasteiger partial charge < -0.3 is 57.2 Å². The lowest BCUT2D eigenvalue weighted by molar-refractivity contribution is -0.170. The van der Waals surface area contributed by atoms with Gasteiger partial charge in [-0.1, -0.05) is 19.7 Å². The monoisotopic (exact) mass is 1040 g/mol. The van der Waals surface area contributed by atoms with Crippen LogP contribution in [0.25, 0.3) is 0 Å². The van der Waals surface area contributed by atoms with Crippen molar-refractivity contribution >= 4 is 71.1 Å². The van der Waals surface area contributed by atoms with Crippen molar-refractivity contribution in [3.8, 4) is 0 Å². The Labute approximate surface area is 429 Å². The minimum atomic E-state index is -1.47. The number of rotatable bonds is 32. The summed E-state index contributed by atoms with van der Waals surface area (Å²) in [5.41, 5.74) is 0.721. The van der Waals surface area contributed by atoms with Gasteiger partial charge in [-0.3, -0.25) is 24.0 Å². The lowest BCUT2D eigenvalue weighted by Crippen LogP contribution is -2.35. The van der Waals surface area contributed by atoms with E-state index in [1.54, 1.807) is 48.5 Å². The minimum absolute atomic E-state index is 0.0255. The Hall–Kier alpha value is -8.04. The van der Waals surface area contributed by atoms with Crippen LogP contribution in [0, 0.1) is 5.41 Å². The first kappa shape index (κ1) is 62.1. The predicted molar refractivity (Wildman–Crippen MR) is 263 cm³/mol. The third-order valence-corrected chi connectivity index (χ3v) is 9.86. The molecule has 2 rings (SSSR count). The number of nitrogens with zero attached hydrogens (tertiary/aromatic N) is 2. The van der Waals surface area contributed by atoms with E-state index in [2.05, 4.69) is 19.7 Å². The Balaban J connectivity index is 1.87. The van der Waals surface area contributed by atoms with Gasteiger partial charge in [0.2, 0.25) is 0 Å². The van der Waals surface area contributed by atoms with E-state index < -0.39 is 129 Å². The molecule has 0 saturated carbocycles. The van der Waals surface area contributed by atoms with Crippen molar-refractivity contribution in [1.29, 1.82) is 0 Å². The zero-order valence-corrected chi connectivity index (χ0v) is 43.1. The number of esters is 10.